The Kier molecular flexibility index (Phi) is 6.33. The summed E-state index contributed by atoms with van der Waals surface area (Å²) in [6.45, 7) is 2.59. The van der Waals surface area contributed by atoms with Crippen molar-refractivity contribution < 1.29 is 9.53 Å². The molecule has 0 aliphatic heterocycles. The fourth-order valence-electron chi connectivity index (χ4n) is 1.64. The monoisotopic (exact) mass is 235 g/mol. The number of unbranched alkanes of at least 4 members (excludes halogenated alkanes) is 2. The van der Waals surface area contributed by atoms with E-state index in [0.717, 1.165) is 24.8 Å². The summed E-state index contributed by atoms with van der Waals surface area (Å²) in [5.74, 6) is -0.127. The first-order chi connectivity index (χ1) is 8.24. The maximum Gasteiger partial charge on any atom is 0.306 e. The molecule has 1 aromatic carbocycles. The molecule has 3 heteroatoms. The number of hydrogen-bond donors (Lipinski definition) is 1. The van der Waals surface area contributed by atoms with Crippen LogP contribution in [0.1, 0.15) is 44.3 Å². The summed E-state index contributed by atoms with van der Waals surface area (Å²) in [7, 11) is 0. The van der Waals surface area contributed by atoms with Crippen molar-refractivity contribution in [3.63, 3.8) is 0 Å². The van der Waals surface area contributed by atoms with Crippen LogP contribution in [0.3, 0.4) is 0 Å². The Morgan fingerprint density at radius 2 is 1.94 bits per heavy atom. The molecule has 1 atom stereocenters. The van der Waals surface area contributed by atoms with Crippen LogP contribution in [0.5, 0.6) is 0 Å². The zero-order valence-electron chi connectivity index (χ0n) is 10.4. The first-order valence-electron chi connectivity index (χ1n) is 6.18. The molecular weight excluding hydrogens is 214 g/mol. The van der Waals surface area contributed by atoms with Crippen molar-refractivity contribution in [3.05, 3.63) is 35.9 Å². The van der Waals surface area contributed by atoms with Crippen molar-refractivity contribution in [2.24, 2.45) is 5.73 Å². The molecule has 1 unspecified atom stereocenters. The van der Waals surface area contributed by atoms with Gasteiger partial charge in [-0.3, -0.25) is 4.79 Å². The second-order valence-electron chi connectivity index (χ2n) is 4.14. The predicted octanol–water partition coefficient (Wildman–Crippen LogP) is 2.81. The third-order valence-corrected chi connectivity index (χ3v) is 2.66. The summed E-state index contributed by atoms with van der Waals surface area (Å²) in [6.07, 6.45) is 3.14. The van der Waals surface area contributed by atoms with E-state index in [1.807, 2.05) is 37.3 Å². The largest absolute Gasteiger partial charge is 0.458 e. The Balaban J connectivity index is 2.26. The molecule has 2 N–H and O–H groups in total. The van der Waals surface area contributed by atoms with Gasteiger partial charge in [0.1, 0.15) is 6.10 Å². The molecule has 17 heavy (non-hydrogen) atoms. The number of carbonyl (C=O) groups is 1. The van der Waals surface area contributed by atoms with Crippen molar-refractivity contribution in [2.75, 3.05) is 6.54 Å². The first kappa shape index (κ1) is 13.7. The molecule has 1 aromatic rings. The van der Waals surface area contributed by atoms with Crippen molar-refractivity contribution in [1.29, 1.82) is 0 Å². The average Bonchev–Trinajstić information content (AvgIpc) is 2.36. The molecule has 0 bridgehead atoms. The molecule has 0 aromatic heterocycles. The molecule has 1 rings (SSSR count). The summed E-state index contributed by atoms with van der Waals surface area (Å²) >= 11 is 0. The van der Waals surface area contributed by atoms with E-state index in [1.165, 1.54) is 0 Å². The quantitative estimate of drug-likeness (QED) is 0.584. The number of esters is 1. The van der Waals surface area contributed by atoms with Gasteiger partial charge in [0.25, 0.3) is 0 Å². The molecule has 0 saturated heterocycles. The lowest BCUT2D eigenvalue weighted by atomic mass is 10.1. The van der Waals surface area contributed by atoms with Gasteiger partial charge >= 0.3 is 5.97 Å². The van der Waals surface area contributed by atoms with E-state index in [0.29, 0.717) is 13.0 Å². The van der Waals surface area contributed by atoms with Crippen molar-refractivity contribution in [3.8, 4) is 0 Å². The third-order valence-electron chi connectivity index (χ3n) is 2.66. The topological polar surface area (TPSA) is 52.3 Å². The van der Waals surface area contributed by atoms with E-state index in [4.69, 9.17) is 10.5 Å². The van der Waals surface area contributed by atoms with Crippen LogP contribution in [0.25, 0.3) is 0 Å². The maximum atomic E-state index is 11.5. The predicted molar refractivity (Wildman–Crippen MR) is 68.5 cm³/mol. The minimum atomic E-state index is -0.168. The van der Waals surface area contributed by atoms with E-state index in [2.05, 4.69) is 0 Å². The molecule has 94 valence electrons. The van der Waals surface area contributed by atoms with E-state index < -0.39 is 0 Å². The van der Waals surface area contributed by atoms with Crippen LogP contribution in [0.2, 0.25) is 0 Å². The second-order valence-corrected chi connectivity index (χ2v) is 4.14. The van der Waals surface area contributed by atoms with Gasteiger partial charge in [-0.25, -0.2) is 0 Å². The molecular formula is C14H21NO2. The second kappa shape index (κ2) is 7.85. The van der Waals surface area contributed by atoms with E-state index in [9.17, 15) is 4.79 Å². The van der Waals surface area contributed by atoms with E-state index >= 15 is 0 Å². The highest BCUT2D eigenvalue weighted by molar-refractivity contribution is 5.69. The Bertz CT molecular complexity index is 324. The lowest BCUT2D eigenvalue weighted by Crippen LogP contribution is -2.08. The van der Waals surface area contributed by atoms with Gasteiger partial charge in [0.05, 0.1) is 0 Å². The summed E-state index contributed by atoms with van der Waals surface area (Å²) in [5.41, 5.74) is 6.42. The smallest absolute Gasteiger partial charge is 0.306 e. The molecule has 3 nitrogen and oxygen atoms in total. The van der Waals surface area contributed by atoms with Gasteiger partial charge in [-0.2, -0.15) is 0 Å². The van der Waals surface area contributed by atoms with Gasteiger partial charge in [-0.1, -0.05) is 36.8 Å². The average molecular weight is 235 g/mol. The molecule has 0 amide bonds. The Morgan fingerprint density at radius 3 is 2.59 bits per heavy atom. The molecule has 0 saturated carbocycles. The van der Waals surface area contributed by atoms with Gasteiger partial charge in [0.15, 0.2) is 0 Å². The number of ether oxygens (including phenoxy) is 1. The SMILES string of the molecule is CC(OC(=O)CCCCCN)c1ccccc1. The molecule has 0 spiro atoms. The molecule has 0 radical (unpaired) electrons. The molecule has 0 heterocycles. The summed E-state index contributed by atoms with van der Waals surface area (Å²) in [5, 5.41) is 0. The van der Waals surface area contributed by atoms with Crippen LogP contribution in [0.15, 0.2) is 30.3 Å². The number of benzene rings is 1. The van der Waals surface area contributed by atoms with Crippen LogP contribution in [-0.4, -0.2) is 12.5 Å². The number of hydrogen-bond acceptors (Lipinski definition) is 3. The molecule has 0 fully saturated rings. The van der Waals surface area contributed by atoms with E-state index in [-0.39, 0.29) is 12.1 Å². The lowest BCUT2D eigenvalue weighted by molar-refractivity contribution is -0.148. The highest BCUT2D eigenvalue weighted by Crippen LogP contribution is 2.17. The van der Waals surface area contributed by atoms with Crippen LogP contribution < -0.4 is 5.73 Å². The van der Waals surface area contributed by atoms with Crippen LogP contribution in [-0.2, 0) is 9.53 Å². The number of rotatable bonds is 7. The van der Waals surface area contributed by atoms with Gasteiger partial charge in [-0.05, 0) is 31.9 Å². The summed E-state index contributed by atoms with van der Waals surface area (Å²) in [6, 6.07) is 9.77. The Morgan fingerprint density at radius 1 is 1.24 bits per heavy atom. The van der Waals surface area contributed by atoms with Gasteiger partial charge in [0.2, 0.25) is 0 Å². The summed E-state index contributed by atoms with van der Waals surface area (Å²) in [4.78, 5) is 11.5. The van der Waals surface area contributed by atoms with Crippen molar-refractivity contribution in [2.45, 2.75) is 38.7 Å². The third kappa shape index (κ3) is 5.50. The van der Waals surface area contributed by atoms with Crippen molar-refractivity contribution in [1.82, 2.24) is 0 Å². The highest BCUT2D eigenvalue weighted by atomic mass is 16.5. The number of nitrogens with two attached hydrogens (primary N) is 1. The first-order valence-corrected chi connectivity index (χ1v) is 6.18. The Hall–Kier alpha value is -1.35. The normalized spacial score (nSPS) is 12.1. The lowest BCUT2D eigenvalue weighted by Gasteiger charge is -2.13. The van der Waals surface area contributed by atoms with Gasteiger partial charge < -0.3 is 10.5 Å². The summed E-state index contributed by atoms with van der Waals surface area (Å²) < 4.78 is 5.35. The zero-order chi connectivity index (χ0) is 12.5. The minimum Gasteiger partial charge on any atom is -0.458 e. The van der Waals surface area contributed by atoms with Gasteiger partial charge in [0, 0.05) is 6.42 Å². The maximum absolute atomic E-state index is 11.5. The highest BCUT2D eigenvalue weighted by Gasteiger charge is 2.10. The van der Waals surface area contributed by atoms with E-state index in [1.54, 1.807) is 0 Å². The minimum absolute atomic E-state index is 0.127. The molecule has 0 aliphatic rings. The van der Waals surface area contributed by atoms with Crippen LogP contribution in [0, 0.1) is 0 Å². The van der Waals surface area contributed by atoms with Crippen LogP contribution in [0.4, 0.5) is 0 Å². The number of carbonyl (C=O) groups excluding carboxylic acids is 1. The van der Waals surface area contributed by atoms with Crippen molar-refractivity contribution >= 4 is 5.97 Å². The molecule has 0 aliphatic carbocycles. The fourth-order valence-corrected chi connectivity index (χ4v) is 1.64. The van der Waals surface area contributed by atoms with Crippen LogP contribution >= 0.6 is 0 Å². The van der Waals surface area contributed by atoms with Gasteiger partial charge in [-0.15, -0.1) is 0 Å². The standard InChI is InChI=1S/C14H21NO2/c1-12(13-8-4-2-5-9-13)17-14(16)10-6-3-7-11-15/h2,4-5,8-9,12H,3,6-7,10-11,15H2,1H3. The zero-order valence-corrected chi connectivity index (χ0v) is 10.4. The Labute approximate surface area is 103 Å². The fraction of sp³-hybridized carbons (Fsp3) is 0.500.